The van der Waals surface area contributed by atoms with E-state index in [9.17, 15) is 0 Å². The molecule has 3 aromatic carbocycles. The van der Waals surface area contributed by atoms with E-state index in [0.717, 1.165) is 33.0 Å². The van der Waals surface area contributed by atoms with E-state index in [4.69, 9.17) is 30.5 Å². The Morgan fingerprint density at radius 1 is 0.739 bits per heavy atom. The van der Waals surface area contributed by atoms with Crippen LogP contribution in [0.15, 0.2) is 42.5 Å². The molecule has 3 aromatic rings. The fraction of sp³-hybridized carbons (Fsp3) is 0.222. The van der Waals surface area contributed by atoms with Crippen LogP contribution in [0.5, 0.6) is 11.5 Å². The molecule has 0 saturated carbocycles. The van der Waals surface area contributed by atoms with Crippen LogP contribution in [0.4, 0.5) is 0 Å². The minimum absolute atomic E-state index is 0.157. The largest absolute Gasteiger partial charge is 0.466 e. The molecular weight excluding hydrogens is 316 g/mol. The molecule has 0 atom stereocenters. The van der Waals surface area contributed by atoms with Gasteiger partial charge in [-0.15, -0.1) is 0 Å². The van der Waals surface area contributed by atoms with Gasteiger partial charge in [-0.3, -0.25) is 0 Å². The second-order valence-corrected chi connectivity index (χ2v) is 5.43. The number of hydrogen-bond donors (Lipinski definition) is 0. The molecule has 120 valence electrons. The van der Waals surface area contributed by atoms with Gasteiger partial charge in [-0.25, -0.2) is 0 Å². The number of benzene rings is 3. The molecule has 5 heteroatoms. The lowest BCUT2D eigenvalue weighted by Gasteiger charge is -2.17. The number of fused-ring (bicyclic) bond motifs is 2. The Labute approximate surface area is 139 Å². The van der Waals surface area contributed by atoms with Crippen LogP contribution in [0.1, 0.15) is 0 Å². The van der Waals surface area contributed by atoms with Crippen LogP contribution >= 0.6 is 11.6 Å². The fourth-order valence-electron chi connectivity index (χ4n) is 2.62. The molecule has 0 amide bonds. The van der Waals surface area contributed by atoms with Gasteiger partial charge in [0.15, 0.2) is 13.6 Å². The van der Waals surface area contributed by atoms with E-state index in [-0.39, 0.29) is 13.6 Å². The van der Waals surface area contributed by atoms with Crippen LogP contribution in [0, 0.1) is 0 Å². The molecule has 0 aliphatic carbocycles. The van der Waals surface area contributed by atoms with Gasteiger partial charge in [-0.05, 0) is 18.2 Å². The highest BCUT2D eigenvalue weighted by atomic mass is 35.5. The lowest BCUT2D eigenvalue weighted by molar-refractivity contribution is 0.0516. The Balaban J connectivity index is 2.35. The zero-order valence-corrected chi connectivity index (χ0v) is 13.7. The molecule has 0 spiro atoms. The summed E-state index contributed by atoms with van der Waals surface area (Å²) in [5.41, 5.74) is 0. The Morgan fingerprint density at radius 3 is 1.83 bits per heavy atom. The maximum atomic E-state index is 6.18. The first-order valence-electron chi connectivity index (χ1n) is 7.13. The predicted octanol–water partition coefficient (Wildman–Crippen LogP) is 4.61. The summed E-state index contributed by atoms with van der Waals surface area (Å²) in [5, 5.41) is 4.30. The SMILES string of the molecule is COCOc1c2ccccc2c(OCOC)c2cc(Cl)ccc12. The van der Waals surface area contributed by atoms with Gasteiger partial charge < -0.3 is 18.9 Å². The second-order valence-electron chi connectivity index (χ2n) is 5.00. The molecule has 0 radical (unpaired) electrons. The molecule has 0 aliphatic rings. The molecule has 23 heavy (non-hydrogen) atoms. The monoisotopic (exact) mass is 332 g/mol. The molecule has 0 bridgehead atoms. The Bertz CT molecular complexity index is 832. The smallest absolute Gasteiger partial charge is 0.188 e. The van der Waals surface area contributed by atoms with Crippen molar-refractivity contribution < 1.29 is 18.9 Å². The van der Waals surface area contributed by atoms with Gasteiger partial charge in [0.05, 0.1) is 0 Å². The Morgan fingerprint density at radius 2 is 1.26 bits per heavy atom. The highest BCUT2D eigenvalue weighted by Crippen LogP contribution is 2.43. The minimum atomic E-state index is 0.157. The first-order chi connectivity index (χ1) is 11.3. The number of halogens is 1. The van der Waals surface area contributed by atoms with Crippen molar-refractivity contribution in [1.29, 1.82) is 0 Å². The predicted molar refractivity (Wildman–Crippen MR) is 91.5 cm³/mol. The lowest BCUT2D eigenvalue weighted by atomic mass is 10.0. The van der Waals surface area contributed by atoms with Gasteiger partial charge in [-0.2, -0.15) is 0 Å². The van der Waals surface area contributed by atoms with Crippen LogP contribution in [-0.2, 0) is 9.47 Å². The van der Waals surface area contributed by atoms with Crippen molar-refractivity contribution in [3.63, 3.8) is 0 Å². The van der Waals surface area contributed by atoms with Crippen LogP contribution in [0.3, 0.4) is 0 Å². The van der Waals surface area contributed by atoms with Crippen molar-refractivity contribution in [2.45, 2.75) is 0 Å². The van der Waals surface area contributed by atoms with Gasteiger partial charge in [0.1, 0.15) is 11.5 Å². The van der Waals surface area contributed by atoms with E-state index in [0.29, 0.717) is 5.02 Å². The van der Waals surface area contributed by atoms with Gasteiger partial charge in [0, 0.05) is 40.8 Å². The van der Waals surface area contributed by atoms with Crippen molar-refractivity contribution in [2.24, 2.45) is 0 Å². The Kier molecular flexibility index (Phi) is 4.86. The summed E-state index contributed by atoms with van der Waals surface area (Å²) in [6.45, 7) is 0.323. The van der Waals surface area contributed by atoms with Crippen LogP contribution < -0.4 is 9.47 Å². The third-order valence-corrected chi connectivity index (χ3v) is 3.76. The number of methoxy groups -OCH3 is 2. The minimum Gasteiger partial charge on any atom is -0.466 e. The van der Waals surface area contributed by atoms with E-state index in [1.165, 1.54) is 0 Å². The van der Waals surface area contributed by atoms with Crippen molar-refractivity contribution in [3.05, 3.63) is 47.5 Å². The normalized spacial score (nSPS) is 11.1. The van der Waals surface area contributed by atoms with Crippen LogP contribution in [0.25, 0.3) is 21.5 Å². The van der Waals surface area contributed by atoms with E-state index in [1.807, 2.05) is 42.5 Å². The molecule has 0 saturated heterocycles. The van der Waals surface area contributed by atoms with Gasteiger partial charge in [0.25, 0.3) is 0 Å². The topological polar surface area (TPSA) is 36.9 Å². The Hall–Kier alpha value is -2.01. The van der Waals surface area contributed by atoms with Crippen molar-refractivity contribution >= 4 is 33.1 Å². The van der Waals surface area contributed by atoms with E-state index in [2.05, 4.69) is 0 Å². The summed E-state index contributed by atoms with van der Waals surface area (Å²) < 4.78 is 21.8. The highest BCUT2D eigenvalue weighted by Gasteiger charge is 2.16. The fourth-order valence-corrected chi connectivity index (χ4v) is 2.79. The van der Waals surface area contributed by atoms with E-state index < -0.39 is 0 Å². The van der Waals surface area contributed by atoms with E-state index in [1.54, 1.807) is 14.2 Å². The zero-order valence-electron chi connectivity index (χ0n) is 13.0. The van der Waals surface area contributed by atoms with Gasteiger partial charge in [-0.1, -0.05) is 35.9 Å². The molecule has 4 nitrogen and oxygen atoms in total. The average molecular weight is 333 g/mol. The standard InChI is InChI=1S/C18H17ClO4/c1-20-10-22-17-13-5-3-4-6-14(13)18(23-11-21-2)16-9-12(19)7-8-15(16)17/h3-9H,10-11H2,1-2H3. The molecule has 0 fully saturated rings. The summed E-state index contributed by atoms with van der Waals surface area (Å²) in [6.07, 6.45) is 0. The first kappa shape index (κ1) is 15.9. The summed E-state index contributed by atoms with van der Waals surface area (Å²) in [4.78, 5) is 0. The van der Waals surface area contributed by atoms with Crippen LogP contribution in [-0.4, -0.2) is 27.8 Å². The average Bonchev–Trinajstić information content (AvgIpc) is 2.58. The number of rotatable bonds is 6. The molecule has 0 heterocycles. The number of hydrogen-bond acceptors (Lipinski definition) is 4. The quantitative estimate of drug-likeness (QED) is 0.488. The summed E-state index contributed by atoms with van der Waals surface area (Å²) in [5.74, 6) is 1.48. The summed E-state index contributed by atoms with van der Waals surface area (Å²) >= 11 is 6.18. The molecule has 0 aromatic heterocycles. The van der Waals surface area contributed by atoms with Crippen molar-refractivity contribution in [1.82, 2.24) is 0 Å². The molecule has 0 N–H and O–H groups in total. The maximum absolute atomic E-state index is 6.18. The lowest BCUT2D eigenvalue weighted by Crippen LogP contribution is -2.03. The molecule has 3 rings (SSSR count). The number of ether oxygens (including phenoxy) is 4. The zero-order chi connectivity index (χ0) is 16.2. The maximum Gasteiger partial charge on any atom is 0.188 e. The van der Waals surface area contributed by atoms with Crippen LogP contribution in [0.2, 0.25) is 5.02 Å². The van der Waals surface area contributed by atoms with Crippen molar-refractivity contribution in [3.8, 4) is 11.5 Å². The molecule has 0 aliphatic heterocycles. The summed E-state index contributed by atoms with van der Waals surface area (Å²) in [7, 11) is 3.19. The van der Waals surface area contributed by atoms with Crippen molar-refractivity contribution in [2.75, 3.05) is 27.8 Å². The molecular formula is C18H17ClO4. The van der Waals surface area contributed by atoms with Gasteiger partial charge in [0.2, 0.25) is 0 Å². The molecule has 0 unspecified atom stereocenters. The second kappa shape index (κ2) is 7.04. The van der Waals surface area contributed by atoms with E-state index >= 15 is 0 Å². The third-order valence-electron chi connectivity index (χ3n) is 3.53. The first-order valence-corrected chi connectivity index (χ1v) is 7.51. The summed E-state index contributed by atoms with van der Waals surface area (Å²) in [6, 6.07) is 13.5. The third kappa shape index (κ3) is 3.06. The van der Waals surface area contributed by atoms with Gasteiger partial charge >= 0.3 is 0 Å². The highest BCUT2D eigenvalue weighted by molar-refractivity contribution is 6.31.